The normalized spacial score (nSPS) is 11.8. The van der Waals surface area contributed by atoms with Gasteiger partial charge in [0.05, 0.1) is 0 Å². The molecule has 1 rings (SSSR count). The number of benzene rings is 1. The Morgan fingerprint density at radius 2 is 2.00 bits per heavy atom. The number of rotatable bonds is 7. The zero-order chi connectivity index (χ0) is 13.6. The molecular weight excluding hydrogens is 234 g/mol. The van der Waals surface area contributed by atoms with Crippen molar-refractivity contribution in [2.24, 2.45) is 11.1 Å². The van der Waals surface area contributed by atoms with E-state index in [1.54, 1.807) is 0 Å². The highest BCUT2D eigenvalue weighted by Crippen LogP contribution is 2.17. The molecule has 0 bridgehead atoms. The molecule has 0 unspecified atom stereocenters. The van der Waals surface area contributed by atoms with Crippen LogP contribution in [0.3, 0.4) is 0 Å². The van der Waals surface area contributed by atoms with Gasteiger partial charge in [0.25, 0.3) is 0 Å². The van der Waals surface area contributed by atoms with Crippen molar-refractivity contribution < 1.29 is 8.78 Å². The van der Waals surface area contributed by atoms with Crippen molar-refractivity contribution in [3.63, 3.8) is 0 Å². The van der Waals surface area contributed by atoms with E-state index in [1.807, 2.05) is 0 Å². The number of hydrogen-bond donors (Lipinski definition) is 2. The van der Waals surface area contributed by atoms with Crippen LogP contribution in [-0.2, 0) is 6.42 Å². The van der Waals surface area contributed by atoms with Crippen LogP contribution in [0.4, 0.5) is 8.78 Å². The standard InChI is InChI=1S/C14H22F2N2/c1-14(2,6-7-17)10-18-8-5-11-3-4-12(15)9-13(11)16/h3-4,9,18H,5-8,10,17H2,1-2H3. The van der Waals surface area contributed by atoms with Gasteiger partial charge in [0, 0.05) is 12.6 Å². The van der Waals surface area contributed by atoms with Gasteiger partial charge in [-0.1, -0.05) is 19.9 Å². The number of halogens is 2. The quantitative estimate of drug-likeness (QED) is 0.735. The van der Waals surface area contributed by atoms with Crippen LogP contribution in [0.2, 0.25) is 0 Å². The third-order valence-electron chi connectivity index (χ3n) is 3.01. The fourth-order valence-electron chi connectivity index (χ4n) is 1.85. The van der Waals surface area contributed by atoms with Gasteiger partial charge >= 0.3 is 0 Å². The lowest BCUT2D eigenvalue weighted by atomic mass is 9.89. The highest BCUT2D eigenvalue weighted by molar-refractivity contribution is 5.18. The third-order valence-corrected chi connectivity index (χ3v) is 3.01. The van der Waals surface area contributed by atoms with Crippen molar-refractivity contribution in [3.05, 3.63) is 35.4 Å². The molecule has 1 aromatic rings. The molecular formula is C14H22F2N2. The molecule has 0 atom stereocenters. The molecule has 0 amide bonds. The molecule has 0 heterocycles. The Kier molecular flexibility index (Phi) is 5.69. The lowest BCUT2D eigenvalue weighted by Crippen LogP contribution is -2.32. The summed E-state index contributed by atoms with van der Waals surface area (Å²) in [5.74, 6) is -1.01. The SMILES string of the molecule is CC(C)(CCN)CNCCc1ccc(F)cc1F. The summed E-state index contributed by atoms with van der Waals surface area (Å²) < 4.78 is 26.1. The van der Waals surface area contributed by atoms with Gasteiger partial charge < -0.3 is 11.1 Å². The van der Waals surface area contributed by atoms with Gasteiger partial charge in [0.15, 0.2) is 0 Å². The third kappa shape index (κ3) is 5.10. The average Bonchev–Trinajstić information content (AvgIpc) is 2.26. The van der Waals surface area contributed by atoms with E-state index in [4.69, 9.17) is 5.73 Å². The maximum Gasteiger partial charge on any atom is 0.129 e. The highest BCUT2D eigenvalue weighted by Gasteiger charge is 2.15. The van der Waals surface area contributed by atoms with Crippen LogP contribution in [0.1, 0.15) is 25.8 Å². The molecule has 0 aliphatic rings. The summed E-state index contributed by atoms with van der Waals surface area (Å²) in [5, 5.41) is 3.28. The summed E-state index contributed by atoms with van der Waals surface area (Å²) in [6.45, 7) is 6.47. The molecule has 0 radical (unpaired) electrons. The minimum Gasteiger partial charge on any atom is -0.330 e. The second-order valence-electron chi connectivity index (χ2n) is 5.37. The Labute approximate surface area is 108 Å². The molecule has 102 valence electrons. The summed E-state index contributed by atoms with van der Waals surface area (Å²) >= 11 is 0. The van der Waals surface area contributed by atoms with E-state index in [9.17, 15) is 8.78 Å². The van der Waals surface area contributed by atoms with Crippen molar-refractivity contribution >= 4 is 0 Å². The van der Waals surface area contributed by atoms with E-state index in [0.29, 0.717) is 25.1 Å². The van der Waals surface area contributed by atoms with E-state index in [2.05, 4.69) is 19.2 Å². The maximum atomic E-state index is 13.3. The summed E-state index contributed by atoms with van der Waals surface area (Å²) in [4.78, 5) is 0. The molecule has 4 heteroatoms. The van der Waals surface area contributed by atoms with Crippen molar-refractivity contribution in [3.8, 4) is 0 Å². The Morgan fingerprint density at radius 1 is 1.28 bits per heavy atom. The maximum absolute atomic E-state index is 13.3. The number of nitrogens with two attached hydrogens (primary N) is 1. The molecule has 0 spiro atoms. The van der Waals surface area contributed by atoms with Crippen molar-refractivity contribution in [2.75, 3.05) is 19.6 Å². The number of hydrogen-bond acceptors (Lipinski definition) is 2. The Balaban J connectivity index is 2.34. The van der Waals surface area contributed by atoms with Crippen LogP contribution in [0.15, 0.2) is 18.2 Å². The zero-order valence-corrected chi connectivity index (χ0v) is 11.1. The molecule has 0 saturated heterocycles. The molecule has 0 aromatic heterocycles. The molecule has 0 aliphatic heterocycles. The average molecular weight is 256 g/mol. The Bertz CT molecular complexity index is 378. The van der Waals surface area contributed by atoms with Gasteiger partial charge in [-0.3, -0.25) is 0 Å². The molecule has 1 aromatic carbocycles. The van der Waals surface area contributed by atoms with Gasteiger partial charge in [0.1, 0.15) is 11.6 Å². The summed E-state index contributed by atoms with van der Waals surface area (Å²) in [7, 11) is 0. The van der Waals surface area contributed by atoms with E-state index in [-0.39, 0.29) is 5.41 Å². The summed E-state index contributed by atoms with van der Waals surface area (Å²) in [6.07, 6.45) is 1.51. The molecule has 2 nitrogen and oxygen atoms in total. The fourth-order valence-corrected chi connectivity index (χ4v) is 1.85. The van der Waals surface area contributed by atoms with Crippen LogP contribution in [0.25, 0.3) is 0 Å². The molecule has 0 aliphatic carbocycles. The first-order valence-corrected chi connectivity index (χ1v) is 6.29. The minimum atomic E-state index is -0.534. The van der Waals surface area contributed by atoms with Crippen LogP contribution in [-0.4, -0.2) is 19.6 Å². The smallest absolute Gasteiger partial charge is 0.129 e. The van der Waals surface area contributed by atoms with Crippen molar-refractivity contribution in [1.29, 1.82) is 0 Å². The lowest BCUT2D eigenvalue weighted by molar-refractivity contribution is 0.320. The van der Waals surface area contributed by atoms with Gasteiger partial charge in [-0.15, -0.1) is 0 Å². The minimum absolute atomic E-state index is 0.149. The van der Waals surface area contributed by atoms with E-state index in [0.717, 1.165) is 19.0 Å². The number of nitrogens with one attached hydrogen (secondary N) is 1. The van der Waals surface area contributed by atoms with E-state index in [1.165, 1.54) is 12.1 Å². The highest BCUT2D eigenvalue weighted by atomic mass is 19.1. The lowest BCUT2D eigenvalue weighted by Gasteiger charge is -2.24. The second-order valence-corrected chi connectivity index (χ2v) is 5.37. The second kappa shape index (κ2) is 6.81. The summed E-state index contributed by atoms with van der Waals surface area (Å²) in [6, 6.07) is 3.71. The van der Waals surface area contributed by atoms with Gasteiger partial charge in [-0.25, -0.2) is 8.78 Å². The first-order valence-electron chi connectivity index (χ1n) is 6.29. The molecule has 0 fully saturated rings. The predicted molar refractivity (Wildman–Crippen MR) is 70.4 cm³/mol. The molecule has 18 heavy (non-hydrogen) atoms. The monoisotopic (exact) mass is 256 g/mol. The largest absolute Gasteiger partial charge is 0.330 e. The van der Waals surface area contributed by atoms with Gasteiger partial charge in [0.2, 0.25) is 0 Å². The Hall–Kier alpha value is -1.00. The van der Waals surface area contributed by atoms with Crippen LogP contribution in [0, 0.1) is 17.0 Å². The van der Waals surface area contributed by atoms with Crippen LogP contribution >= 0.6 is 0 Å². The summed E-state index contributed by atoms with van der Waals surface area (Å²) in [5.41, 5.74) is 6.22. The van der Waals surface area contributed by atoms with Crippen molar-refractivity contribution in [1.82, 2.24) is 5.32 Å². The first kappa shape index (κ1) is 15.1. The zero-order valence-electron chi connectivity index (χ0n) is 11.1. The first-order chi connectivity index (χ1) is 8.44. The predicted octanol–water partition coefficient (Wildman–Crippen LogP) is 2.47. The molecule has 3 N–H and O–H groups in total. The van der Waals surface area contributed by atoms with Crippen molar-refractivity contribution in [2.45, 2.75) is 26.7 Å². The van der Waals surface area contributed by atoms with Crippen LogP contribution in [0.5, 0.6) is 0 Å². The van der Waals surface area contributed by atoms with Gasteiger partial charge in [-0.05, 0) is 43.0 Å². The van der Waals surface area contributed by atoms with Crippen LogP contribution < -0.4 is 11.1 Å². The topological polar surface area (TPSA) is 38.0 Å². The van der Waals surface area contributed by atoms with E-state index < -0.39 is 11.6 Å². The fraction of sp³-hybridized carbons (Fsp3) is 0.571. The Morgan fingerprint density at radius 3 is 2.61 bits per heavy atom. The molecule has 0 saturated carbocycles. The van der Waals surface area contributed by atoms with E-state index >= 15 is 0 Å². The van der Waals surface area contributed by atoms with Gasteiger partial charge in [-0.2, -0.15) is 0 Å².